The minimum atomic E-state index is 0.0647. The third-order valence-corrected chi connectivity index (χ3v) is 4.85. The molecule has 0 atom stereocenters. The number of rotatable bonds is 7. The first kappa shape index (κ1) is 18.0. The van der Waals surface area contributed by atoms with E-state index >= 15 is 0 Å². The minimum absolute atomic E-state index is 0.0647. The molecule has 23 heavy (non-hydrogen) atoms. The zero-order valence-corrected chi connectivity index (χ0v) is 15.4. The van der Waals surface area contributed by atoms with E-state index in [1.807, 2.05) is 25.1 Å². The van der Waals surface area contributed by atoms with Gasteiger partial charge in [-0.15, -0.1) is 0 Å². The second kappa shape index (κ2) is 7.95. The number of carbonyl (C=O) groups is 1. The van der Waals surface area contributed by atoms with Crippen molar-refractivity contribution < 1.29 is 4.79 Å². The summed E-state index contributed by atoms with van der Waals surface area (Å²) in [5.41, 5.74) is 1.69. The zero-order valence-electron chi connectivity index (χ0n) is 15.4. The summed E-state index contributed by atoms with van der Waals surface area (Å²) in [5.74, 6) is 0.612. The van der Waals surface area contributed by atoms with E-state index in [2.05, 4.69) is 30.9 Å². The Bertz CT molecular complexity index is 517. The van der Waals surface area contributed by atoms with Crippen molar-refractivity contribution in [3.63, 3.8) is 0 Å². The predicted octanol–water partition coefficient (Wildman–Crippen LogP) is 2.57. The molecule has 0 bridgehead atoms. The lowest BCUT2D eigenvalue weighted by molar-refractivity contribution is 0.0763. The van der Waals surface area contributed by atoms with Crippen molar-refractivity contribution in [3.05, 3.63) is 17.5 Å². The Balaban J connectivity index is 1.90. The number of hydrogen-bond acceptors (Lipinski definition) is 3. The average molecular weight is 320 g/mol. The second-order valence-corrected chi connectivity index (χ2v) is 7.39. The molecule has 1 fully saturated rings. The molecule has 5 nitrogen and oxygen atoms in total. The van der Waals surface area contributed by atoms with Crippen LogP contribution in [0.1, 0.15) is 55.7 Å². The molecule has 1 aromatic heterocycles. The maximum atomic E-state index is 12.6. The summed E-state index contributed by atoms with van der Waals surface area (Å²) in [6, 6.07) is 2.65. The van der Waals surface area contributed by atoms with Crippen molar-refractivity contribution in [1.82, 2.24) is 19.6 Å². The quantitative estimate of drug-likeness (QED) is 0.775. The predicted molar refractivity (Wildman–Crippen MR) is 93.6 cm³/mol. The van der Waals surface area contributed by atoms with Gasteiger partial charge in [0, 0.05) is 33.2 Å². The van der Waals surface area contributed by atoms with E-state index in [9.17, 15) is 4.79 Å². The van der Waals surface area contributed by atoms with Crippen LogP contribution in [0.15, 0.2) is 6.07 Å². The highest BCUT2D eigenvalue weighted by Crippen LogP contribution is 2.22. The topological polar surface area (TPSA) is 41.4 Å². The van der Waals surface area contributed by atoms with E-state index in [1.165, 1.54) is 25.7 Å². The number of likely N-dealkylation sites (N-methyl/N-ethyl adjacent to an activating group) is 2. The van der Waals surface area contributed by atoms with E-state index in [0.717, 1.165) is 25.2 Å². The molecule has 1 amide bonds. The maximum Gasteiger partial charge on any atom is 0.271 e. The molecule has 130 valence electrons. The summed E-state index contributed by atoms with van der Waals surface area (Å²) >= 11 is 0. The van der Waals surface area contributed by atoms with Gasteiger partial charge in [0.1, 0.15) is 5.69 Å². The fraction of sp³-hybridized carbons (Fsp3) is 0.778. The van der Waals surface area contributed by atoms with E-state index in [-0.39, 0.29) is 5.91 Å². The van der Waals surface area contributed by atoms with Crippen molar-refractivity contribution in [2.75, 3.05) is 27.2 Å². The standard InChI is InChI=1S/C18H32N4O/c1-14(2)12-15-13-17(22(5)19-15)18(23)21(4)11-10-20(3)16-8-6-7-9-16/h13-14,16H,6-12H2,1-5H3. The van der Waals surface area contributed by atoms with Crippen molar-refractivity contribution >= 4 is 5.91 Å². The number of carbonyl (C=O) groups excluding carboxylic acids is 1. The van der Waals surface area contributed by atoms with Crippen LogP contribution < -0.4 is 0 Å². The van der Waals surface area contributed by atoms with Gasteiger partial charge in [0.15, 0.2) is 0 Å². The number of nitrogens with zero attached hydrogens (tertiary/aromatic N) is 4. The van der Waals surface area contributed by atoms with Crippen LogP contribution in [0, 0.1) is 5.92 Å². The molecule has 5 heteroatoms. The van der Waals surface area contributed by atoms with E-state index in [1.54, 1.807) is 4.68 Å². The lowest BCUT2D eigenvalue weighted by atomic mass is 10.1. The van der Waals surface area contributed by atoms with Crippen LogP contribution in [-0.4, -0.2) is 58.7 Å². The number of aryl methyl sites for hydroxylation is 1. The van der Waals surface area contributed by atoms with Crippen molar-refractivity contribution in [2.45, 2.75) is 52.0 Å². The third kappa shape index (κ3) is 4.80. The summed E-state index contributed by atoms with van der Waals surface area (Å²) in [6.07, 6.45) is 6.20. The summed E-state index contributed by atoms with van der Waals surface area (Å²) in [4.78, 5) is 16.9. The monoisotopic (exact) mass is 320 g/mol. The van der Waals surface area contributed by atoms with Crippen LogP contribution in [0.2, 0.25) is 0 Å². The Morgan fingerprint density at radius 1 is 1.30 bits per heavy atom. The van der Waals surface area contributed by atoms with Gasteiger partial charge in [0.05, 0.1) is 5.69 Å². The van der Waals surface area contributed by atoms with Crippen LogP contribution in [0.4, 0.5) is 0 Å². The Labute approximate surface area is 140 Å². The van der Waals surface area contributed by atoms with E-state index < -0.39 is 0 Å². The summed E-state index contributed by atoms with van der Waals surface area (Å²) in [6.45, 7) is 6.03. The minimum Gasteiger partial charge on any atom is -0.339 e. The van der Waals surface area contributed by atoms with E-state index in [0.29, 0.717) is 17.7 Å². The molecule has 0 radical (unpaired) electrons. The van der Waals surface area contributed by atoms with Crippen LogP contribution >= 0.6 is 0 Å². The fourth-order valence-electron chi connectivity index (χ4n) is 3.38. The van der Waals surface area contributed by atoms with Gasteiger partial charge in [-0.2, -0.15) is 5.10 Å². The van der Waals surface area contributed by atoms with E-state index in [4.69, 9.17) is 0 Å². The molecule has 1 heterocycles. The highest BCUT2D eigenvalue weighted by atomic mass is 16.2. The van der Waals surface area contributed by atoms with Gasteiger partial charge in [0.2, 0.25) is 0 Å². The van der Waals surface area contributed by atoms with Crippen LogP contribution in [0.3, 0.4) is 0 Å². The van der Waals surface area contributed by atoms with Gasteiger partial charge in [-0.3, -0.25) is 9.48 Å². The molecule has 1 aliphatic rings. The van der Waals surface area contributed by atoms with Crippen molar-refractivity contribution in [1.29, 1.82) is 0 Å². The molecule has 0 spiro atoms. The molecule has 1 aromatic rings. The SMILES string of the molecule is CC(C)Cc1cc(C(=O)N(C)CCN(C)C2CCCC2)n(C)n1. The Morgan fingerprint density at radius 2 is 1.96 bits per heavy atom. The van der Waals surface area contributed by atoms with Gasteiger partial charge < -0.3 is 9.80 Å². The normalized spacial score (nSPS) is 15.8. The molecule has 0 unspecified atom stereocenters. The molecular formula is C18H32N4O. The smallest absolute Gasteiger partial charge is 0.271 e. The van der Waals surface area contributed by atoms with Crippen molar-refractivity contribution in [2.24, 2.45) is 13.0 Å². The molecule has 1 aliphatic carbocycles. The van der Waals surface area contributed by atoms with Gasteiger partial charge in [-0.05, 0) is 38.3 Å². The molecule has 0 N–H and O–H groups in total. The fourth-order valence-corrected chi connectivity index (χ4v) is 3.38. The van der Waals surface area contributed by atoms with Gasteiger partial charge in [0.25, 0.3) is 5.91 Å². The van der Waals surface area contributed by atoms with Gasteiger partial charge in [-0.25, -0.2) is 0 Å². The maximum absolute atomic E-state index is 12.6. The Hall–Kier alpha value is -1.36. The number of hydrogen-bond donors (Lipinski definition) is 0. The molecule has 0 aromatic carbocycles. The zero-order chi connectivity index (χ0) is 17.0. The van der Waals surface area contributed by atoms with Crippen LogP contribution in [-0.2, 0) is 13.5 Å². The molecule has 0 saturated heterocycles. The third-order valence-electron chi connectivity index (χ3n) is 4.85. The first-order valence-electron chi connectivity index (χ1n) is 8.87. The van der Waals surface area contributed by atoms with Gasteiger partial charge in [-0.1, -0.05) is 26.7 Å². The Morgan fingerprint density at radius 3 is 2.57 bits per heavy atom. The van der Waals surface area contributed by atoms with Crippen molar-refractivity contribution in [3.8, 4) is 0 Å². The lowest BCUT2D eigenvalue weighted by Gasteiger charge is -2.26. The molecule has 0 aliphatic heterocycles. The number of aromatic nitrogens is 2. The first-order valence-corrected chi connectivity index (χ1v) is 8.87. The van der Waals surface area contributed by atoms with Crippen LogP contribution in [0.25, 0.3) is 0 Å². The van der Waals surface area contributed by atoms with Gasteiger partial charge >= 0.3 is 0 Å². The number of amides is 1. The molecular weight excluding hydrogens is 288 g/mol. The first-order chi connectivity index (χ1) is 10.9. The summed E-state index contributed by atoms with van der Waals surface area (Å²) in [7, 11) is 5.93. The molecule has 1 saturated carbocycles. The largest absolute Gasteiger partial charge is 0.339 e. The highest BCUT2D eigenvalue weighted by molar-refractivity contribution is 5.92. The Kier molecular flexibility index (Phi) is 6.22. The highest BCUT2D eigenvalue weighted by Gasteiger charge is 2.21. The lowest BCUT2D eigenvalue weighted by Crippen LogP contribution is -2.38. The molecule has 2 rings (SSSR count). The average Bonchev–Trinajstić information content (AvgIpc) is 3.12. The summed E-state index contributed by atoms with van der Waals surface area (Å²) in [5, 5.41) is 4.47. The second-order valence-electron chi connectivity index (χ2n) is 7.39. The van der Waals surface area contributed by atoms with Crippen LogP contribution in [0.5, 0.6) is 0 Å². The summed E-state index contributed by atoms with van der Waals surface area (Å²) < 4.78 is 1.72.